The van der Waals surface area contributed by atoms with Gasteiger partial charge in [-0.2, -0.15) is 0 Å². The molecule has 0 bridgehead atoms. The van der Waals surface area contributed by atoms with Gasteiger partial charge in [0.2, 0.25) is 5.91 Å². The Balaban J connectivity index is 2.62. The Morgan fingerprint density at radius 1 is 1.26 bits per heavy atom. The van der Waals surface area contributed by atoms with E-state index < -0.39 is 5.97 Å². The third kappa shape index (κ3) is 4.82. The Morgan fingerprint density at radius 2 is 1.89 bits per heavy atom. The zero-order valence-electron chi connectivity index (χ0n) is 12.0. The number of likely N-dealkylation sites (N-methyl/N-ethyl adjacent to an activating group) is 1. The highest BCUT2D eigenvalue weighted by molar-refractivity contribution is 5.78. The van der Waals surface area contributed by atoms with Gasteiger partial charge < -0.3 is 14.7 Å². The van der Waals surface area contributed by atoms with Gasteiger partial charge in [-0.15, -0.1) is 0 Å². The van der Waals surface area contributed by atoms with Gasteiger partial charge in [0.25, 0.3) is 0 Å². The SMILES string of the molecule is CCN(CCOC)C(=O)CC1(CC(=O)O)CCCC1. The van der Waals surface area contributed by atoms with Crippen molar-refractivity contribution in [2.75, 3.05) is 26.8 Å². The predicted molar refractivity (Wildman–Crippen MR) is 71.9 cm³/mol. The van der Waals surface area contributed by atoms with Gasteiger partial charge in [-0.1, -0.05) is 12.8 Å². The van der Waals surface area contributed by atoms with E-state index in [2.05, 4.69) is 0 Å². The number of carbonyl (C=O) groups is 2. The molecule has 5 nitrogen and oxygen atoms in total. The minimum absolute atomic E-state index is 0.0581. The second kappa shape index (κ2) is 7.48. The summed E-state index contributed by atoms with van der Waals surface area (Å²) in [5.74, 6) is -0.739. The van der Waals surface area contributed by atoms with Crippen LogP contribution >= 0.6 is 0 Å². The molecule has 110 valence electrons. The smallest absolute Gasteiger partial charge is 0.303 e. The average Bonchev–Trinajstić information content (AvgIpc) is 2.77. The Bertz CT molecular complexity index is 311. The molecule has 1 fully saturated rings. The number of ether oxygens (including phenoxy) is 1. The molecule has 0 aliphatic heterocycles. The molecule has 1 N–H and O–H groups in total. The molecule has 5 heteroatoms. The number of hydrogen-bond donors (Lipinski definition) is 1. The number of hydrogen-bond acceptors (Lipinski definition) is 3. The minimum atomic E-state index is -0.797. The highest BCUT2D eigenvalue weighted by atomic mass is 16.5. The first-order chi connectivity index (χ1) is 9.03. The molecule has 0 aromatic heterocycles. The number of nitrogens with zero attached hydrogens (tertiary/aromatic N) is 1. The average molecular weight is 271 g/mol. The van der Waals surface area contributed by atoms with Gasteiger partial charge in [0.1, 0.15) is 0 Å². The number of aliphatic carboxylic acids is 1. The van der Waals surface area contributed by atoms with Crippen molar-refractivity contribution in [3.05, 3.63) is 0 Å². The molecule has 19 heavy (non-hydrogen) atoms. The summed E-state index contributed by atoms with van der Waals surface area (Å²) in [6.07, 6.45) is 4.24. The molecule has 1 amide bonds. The maximum atomic E-state index is 12.3. The van der Waals surface area contributed by atoms with Crippen molar-refractivity contribution in [2.45, 2.75) is 45.4 Å². The van der Waals surface area contributed by atoms with Crippen LogP contribution in [0.15, 0.2) is 0 Å². The highest BCUT2D eigenvalue weighted by Crippen LogP contribution is 2.44. The largest absolute Gasteiger partial charge is 0.481 e. The first kappa shape index (κ1) is 16.0. The van der Waals surface area contributed by atoms with Crippen LogP contribution in [0.3, 0.4) is 0 Å². The molecule has 0 aromatic rings. The van der Waals surface area contributed by atoms with Gasteiger partial charge in [0.05, 0.1) is 13.0 Å². The molecular formula is C14H25NO4. The van der Waals surface area contributed by atoms with Crippen LogP contribution in [0.2, 0.25) is 0 Å². The van der Waals surface area contributed by atoms with E-state index >= 15 is 0 Å². The van der Waals surface area contributed by atoms with Crippen LogP contribution in [-0.2, 0) is 14.3 Å². The fourth-order valence-corrected chi connectivity index (χ4v) is 2.96. The number of rotatable bonds is 8. The lowest BCUT2D eigenvalue weighted by molar-refractivity contribution is -0.141. The first-order valence-electron chi connectivity index (χ1n) is 7.01. The Labute approximate surface area is 114 Å². The Kier molecular flexibility index (Phi) is 6.28. The van der Waals surface area contributed by atoms with Gasteiger partial charge in [0, 0.05) is 26.6 Å². The third-order valence-electron chi connectivity index (χ3n) is 4.02. The summed E-state index contributed by atoms with van der Waals surface area (Å²) in [7, 11) is 1.61. The van der Waals surface area contributed by atoms with E-state index in [-0.39, 0.29) is 17.7 Å². The molecule has 1 saturated carbocycles. The molecule has 0 saturated heterocycles. The molecule has 1 rings (SSSR count). The van der Waals surface area contributed by atoms with Crippen LogP contribution in [0.4, 0.5) is 0 Å². The summed E-state index contributed by atoms with van der Waals surface area (Å²) in [6.45, 7) is 3.68. The van der Waals surface area contributed by atoms with Gasteiger partial charge in [0.15, 0.2) is 0 Å². The Morgan fingerprint density at radius 3 is 2.37 bits per heavy atom. The first-order valence-corrected chi connectivity index (χ1v) is 7.01. The number of carboxylic acid groups (broad SMARTS) is 1. The van der Waals surface area contributed by atoms with Crippen molar-refractivity contribution in [3.8, 4) is 0 Å². The molecule has 1 aliphatic rings. The van der Waals surface area contributed by atoms with E-state index in [0.717, 1.165) is 25.7 Å². The van der Waals surface area contributed by atoms with Crippen LogP contribution in [0.1, 0.15) is 45.4 Å². The summed E-state index contributed by atoms with van der Waals surface area (Å²) in [4.78, 5) is 25.1. The van der Waals surface area contributed by atoms with Crippen molar-refractivity contribution >= 4 is 11.9 Å². The van der Waals surface area contributed by atoms with E-state index in [1.807, 2.05) is 6.92 Å². The van der Waals surface area contributed by atoms with E-state index in [1.54, 1.807) is 12.0 Å². The summed E-state index contributed by atoms with van der Waals surface area (Å²) < 4.78 is 5.00. The maximum absolute atomic E-state index is 12.3. The van der Waals surface area contributed by atoms with Gasteiger partial charge in [-0.3, -0.25) is 9.59 Å². The van der Waals surface area contributed by atoms with Gasteiger partial charge in [-0.25, -0.2) is 0 Å². The fraction of sp³-hybridized carbons (Fsp3) is 0.857. The van der Waals surface area contributed by atoms with Crippen molar-refractivity contribution < 1.29 is 19.4 Å². The van der Waals surface area contributed by atoms with Crippen molar-refractivity contribution in [2.24, 2.45) is 5.41 Å². The van der Waals surface area contributed by atoms with E-state index in [9.17, 15) is 9.59 Å². The topological polar surface area (TPSA) is 66.8 Å². The zero-order valence-corrected chi connectivity index (χ0v) is 12.0. The summed E-state index contributed by atoms with van der Waals surface area (Å²) >= 11 is 0. The standard InChI is InChI=1S/C14H25NO4/c1-3-15(8-9-19-2)12(16)10-14(11-13(17)18)6-4-5-7-14/h3-11H2,1-2H3,(H,17,18). The van der Waals surface area contributed by atoms with Crippen LogP contribution < -0.4 is 0 Å². The predicted octanol–water partition coefficient (Wildman–Crippen LogP) is 1.91. The van der Waals surface area contributed by atoms with Crippen molar-refractivity contribution in [3.63, 3.8) is 0 Å². The van der Waals surface area contributed by atoms with E-state index in [1.165, 1.54) is 0 Å². The van der Waals surface area contributed by atoms with E-state index in [0.29, 0.717) is 26.1 Å². The highest BCUT2D eigenvalue weighted by Gasteiger charge is 2.38. The number of methoxy groups -OCH3 is 1. The number of amides is 1. The summed E-state index contributed by atoms with van der Waals surface area (Å²) in [6, 6.07) is 0. The molecule has 0 atom stereocenters. The molecule has 0 radical (unpaired) electrons. The van der Waals surface area contributed by atoms with Crippen LogP contribution in [0.25, 0.3) is 0 Å². The number of carbonyl (C=O) groups excluding carboxylic acids is 1. The minimum Gasteiger partial charge on any atom is -0.481 e. The second-order valence-electron chi connectivity index (χ2n) is 5.42. The zero-order chi connectivity index (χ0) is 14.3. The van der Waals surface area contributed by atoms with Crippen molar-refractivity contribution in [1.82, 2.24) is 4.90 Å². The second-order valence-corrected chi connectivity index (χ2v) is 5.42. The number of carboxylic acids is 1. The maximum Gasteiger partial charge on any atom is 0.303 e. The Hall–Kier alpha value is -1.10. The normalized spacial score (nSPS) is 17.4. The van der Waals surface area contributed by atoms with Crippen LogP contribution in [-0.4, -0.2) is 48.7 Å². The van der Waals surface area contributed by atoms with Crippen LogP contribution in [0.5, 0.6) is 0 Å². The molecule has 0 heterocycles. The third-order valence-corrected chi connectivity index (χ3v) is 4.02. The lowest BCUT2D eigenvalue weighted by Crippen LogP contribution is -2.37. The van der Waals surface area contributed by atoms with Gasteiger partial charge in [-0.05, 0) is 25.2 Å². The molecule has 0 unspecified atom stereocenters. The quantitative estimate of drug-likeness (QED) is 0.732. The van der Waals surface area contributed by atoms with Crippen molar-refractivity contribution in [1.29, 1.82) is 0 Å². The molecule has 0 spiro atoms. The molecule has 0 aromatic carbocycles. The summed E-state index contributed by atoms with van der Waals surface area (Å²) in [5.41, 5.74) is -0.316. The molecule has 1 aliphatic carbocycles. The van der Waals surface area contributed by atoms with Crippen LogP contribution in [0, 0.1) is 5.41 Å². The lowest BCUT2D eigenvalue weighted by Gasteiger charge is -2.30. The summed E-state index contributed by atoms with van der Waals surface area (Å²) in [5, 5.41) is 9.04. The van der Waals surface area contributed by atoms with Gasteiger partial charge >= 0.3 is 5.97 Å². The molecular weight excluding hydrogens is 246 g/mol. The van der Waals surface area contributed by atoms with E-state index in [4.69, 9.17) is 9.84 Å². The lowest BCUT2D eigenvalue weighted by atomic mass is 9.79. The fourth-order valence-electron chi connectivity index (χ4n) is 2.96. The monoisotopic (exact) mass is 271 g/mol.